The predicted octanol–water partition coefficient (Wildman–Crippen LogP) is 3.23. The molecule has 4 saturated carbocycles. The minimum Gasteiger partial charge on any atom is -0.399 e. The molecular formula is C13H21NO. The van der Waals surface area contributed by atoms with Gasteiger partial charge in [0.2, 0.25) is 0 Å². The molecule has 0 unspecified atom stereocenters. The molecule has 0 amide bonds. The third-order valence-corrected chi connectivity index (χ3v) is 5.03. The molecule has 0 aromatic carbocycles. The summed E-state index contributed by atoms with van der Waals surface area (Å²) in [7, 11) is 1.67. The Kier molecular flexibility index (Phi) is 2.08. The van der Waals surface area contributed by atoms with Gasteiger partial charge in [-0.15, -0.1) is 0 Å². The van der Waals surface area contributed by atoms with Gasteiger partial charge in [0.15, 0.2) is 0 Å². The second-order valence-electron chi connectivity index (χ2n) is 6.06. The summed E-state index contributed by atoms with van der Waals surface area (Å²) < 4.78 is 0. The molecule has 2 heteroatoms. The zero-order valence-electron chi connectivity index (χ0n) is 9.83. The van der Waals surface area contributed by atoms with E-state index in [4.69, 9.17) is 4.84 Å². The molecule has 84 valence electrons. The van der Waals surface area contributed by atoms with E-state index in [1.807, 2.05) is 0 Å². The van der Waals surface area contributed by atoms with Gasteiger partial charge in [0.25, 0.3) is 0 Å². The minimum absolute atomic E-state index is 0.435. The van der Waals surface area contributed by atoms with E-state index in [-0.39, 0.29) is 0 Å². The molecule has 0 radical (unpaired) electrons. The van der Waals surface area contributed by atoms with Crippen LogP contribution in [0.3, 0.4) is 0 Å². The summed E-state index contributed by atoms with van der Waals surface area (Å²) >= 11 is 0. The van der Waals surface area contributed by atoms with Crippen LogP contribution < -0.4 is 0 Å². The van der Waals surface area contributed by atoms with E-state index in [1.54, 1.807) is 7.11 Å². The first-order valence-electron chi connectivity index (χ1n) is 6.30. The zero-order chi connectivity index (χ0) is 10.5. The van der Waals surface area contributed by atoms with Crippen LogP contribution in [0.15, 0.2) is 5.16 Å². The molecule has 4 aliphatic rings. The van der Waals surface area contributed by atoms with Crippen LogP contribution in [0.4, 0.5) is 0 Å². The van der Waals surface area contributed by atoms with Crippen molar-refractivity contribution in [3.05, 3.63) is 0 Å². The Hall–Kier alpha value is -0.530. The molecule has 0 heterocycles. The fourth-order valence-corrected chi connectivity index (χ4v) is 4.79. The molecule has 0 atom stereocenters. The Bertz CT molecular complexity index is 260. The van der Waals surface area contributed by atoms with Crippen LogP contribution in [-0.2, 0) is 4.84 Å². The highest BCUT2D eigenvalue weighted by atomic mass is 16.6. The second kappa shape index (κ2) is 3.23. The van der Waals surface area contributed by atoms with Crippen molar-refractivity contribution in [2.75, 3.05) is 7.11 Å². The Balaban J connectivity index is 1.89. The maximum Gasteiger partial charge on any atom is 0.106 e. The molecule has 0 N–H and O–H groups in total. The fourth-order valence-electron chi connectivity index (χ4n) is 4.79. The normalized spacial score (nSPS) is 48.4. The van der Waals surface area contributed by atoms with Gasteiger partial charge in [0.1, 0.15) is 7.11 Å². The second-order valence-corrected chi connectivity index (χ2v) is 6.06. The highest BCUT2D eigenvalue weighted by Crippen LogP contribution is 2.60. The summed E-state index contributed by atoms with van der Waals surface area (Å²) in [6, 6.07) is 0. The largest absolute Gasteiger partial charge is 0.399 e. The van der Waals surface area contributed by atoms with E-state index in [1.165, 1.54) is 44.2 Å². The van der Waals surface area contributed by atoms with Crippen LogP contribution in [0, 0.1) is 23.2 Å². The highest BCUT2D eigenvalue weighted by molar-refractivity contribution is 5.88. The molecule has 4 rings (SSSR count). The molecule has 0 spiro atoms. The number of oxime groups is 1. The van der Waals surface area contributed by atoms with Crippen molar-refractivity contribution in [2.24, 2.45) is 28.3 Å². The molecule has 4 aliphatic carbocycles. The lowest BCUT2D eigenvalue weighted by Gasteiger charge is -2.56. The zero-order valence-corrected chi connectivity index (χ0v) is 9.83. The first-order valence-corrected chi connectivity index (χ1v) is 6.30. The lowest BCUT2D eigenvalue weighted by molar-refractivity contribution is -0.0145. The molecule has 0 aromatic heterocycles. The van der Waals surface area contributed by atoms with Crippen LogP contribution in [0.1, 0.15) is 45.4 Å². The van der Waals surface area contributed by atoms with Crippen molar-refractivity contribution in [1.82, 2.24) is 0 Å². The van der Waals surface area contributed by atoms with Crippen molar-refractivity contribution < 1.29 is 4.84 Å². The van der Waals surface area contributed by atoms with E-state index in [9.17, 15) is 0 Å². The third kappa shape index (κ3) is 1.41. The number of hydrogen-bond acceptors (Lipinski definition) is 2. The smallest absolute Gasteiger partial charge is 0.106 e. The minimum atomic E-state index is 0.435. The summed E-state index contributed by atoms with van der Waals surface area (Å²) in [6.07, 6.45) is 8.66. The van der Waals surface area contributed by atoms with E-state index in [0.29, 0.717) is 5.41 Å². The maximum atomic E-state index is 4.98. The topological polar surface area (TPSA) is 21.6 Å². The Morgan fingerprint density at radius 2 is 1.53 bits per heavy atom. The monoisotopic (exact) mass is 207 g/mol. The quantitative estimate of drug-likeness (QED) is 0.503. The molecule has 15 heavy (non-hydrogen) atoms. The van der Waals surface area contributed by atoms with Gasteiger partial charge >= 0.3 is 0 Å². The molecule has 4 fully saturated rings. The van der Waals surface area contributed by atoms with Crippen molar-refractivity contribution in [3.8, 4) is 0 Å². The van der Waals surface area contributed by atoms with Crippen molar-refractivity contribution in [1.29, 1.82) is 0 Å². The molecule has 2 nitrogen and oxygen atoms in total. The van der Waals surface area contributed by atoms with Gasteiger partial charge in [-0.2, -0.15) is 0 Å². The maximum absolute atomic E-state index is 4.98. The summed E-state index contributed by atoms with van der Waals surface area (Å²) in [5.74, 6) is 3.00. The SMILES string of the molecule is CON=C(C)C12CC3CC(CC(C3)C1)C2. The Morgan fingerprint density at radius 1 is 1.07 bits per heavy atom. The summed E-state index contributed by atoms with van der Waals surface area (Å²) in [5, 5.41) is 4.23. The Morgan fingerprint density at radius 3 is 1.93 bits per heavy atom. The molecule has 4 bridgehead atoms. The fraction of sp³-hybridized carbons (Fsp3) is 0.923. The van der Waals surface area contributed by atoms with E-state index in [0.717, 1.165) is 17.8 Å². The summed E-state index contributed by atoms with van der Waals surface area (Å²) in [4.78, 5) is 4.98. The lowest BCUT2D eigenvalue weighted by Crippen LogP contribution is -2.49. The van der Waals surface area contributed by atoms with Crippen molar-refractivity contribution in [3.63, 3.8) is 0 Å². The first-order chi connectivity index (χ1) is 7.22. The van der Waals surface area contributed by atoms with E-state index in [2.05, 4.69) is 12.1 Å². The molecule has 0 aliphatic heterocycles. The molecule has 0 aromatic rings. The van der Waals surface area contributed by atoms with Crippen molar-refractivity contribution in [2.45, 2.75) is 45.4 Å². The van der Waals surface area contributed by atoms with Crippen molar-refractivity contribution >= 4 is 5.71 Å². The van der Waals surface area contributed by atoms with Crippen LogP contribution in [0.5, 0.6) is 0 Å². The van der Waals surface area contributed by atoms with Crippen LogP contribution >= 0.6 is 0 Å². The lowest BCUT2D eigenvalue weighted by atomic mass is 9.48. The predicted molar refractivity (Wildman–Crippen MR) is 60.7 cm³/mol. The highest BCUT2D eigenvalue weighted by Gasteiger charge is 2.52. The van der Waals surface area contributed by atoms with Gasteiger partial charge in [0.05, 0.1) is 5.71 Å². The average molecular weight is 207 g/mol. The number of nitrogens with zero attached hydrogens (tertiary/aromatic N) is 1. The third-order valence-electron chi connectivity index (χ3n) is 5.03. The average Bonchev–Trinajstić information content (AvgIpc) is 2.15. The van der Waals surface area contributed by atoms with E-state index >= 15 is 0 Å². The summed E-state index contributed by atoms with van der Waals surface area (Å²) in [6.45, 7) is 2.18. The molecule has 0 saturated heterocycles. The van der Waals surface area contributed by atoms with Gasteiger partial charge in [-0.05, 0) is 63.2 Å². The van der Waals surface area contributed by atoms with Gasteiger partial charge < -0.3 is 4.84 Å². The summed E-state index contributed by atoms with van der Waals surface area (Å²) in [5.41, 5.74) is 1.70. The van der Waals surface area contributed by atoms with Crippen LogP contribution in [0.25, 0.3) is 0 Å². The van der Waals surface area contributed by atoms with Gasteiger partial charge in [-0.25, -0.2) is 0 Å². The van der Waals surface area contributed by atoms with E-state index < -0.39 is 0 Å². The Labute approximate surface area is 92.1 Å². The van der Waals surface area contributed by atoms with Gasteiger partial charge in [-0.1, -0.05) is 5.16 Å². The first kappa shape index (κ1) is 9.68. The van der Waals surface area contributed by atoms with Gasteiger partial charge in [0, 0.05) is 5.41 Å². The number of rotatable bonds is 2. The van der Waals surface area contributed by atoms with Crippen LogP contribution in [-0.4, -0.2) is 12.8 Å². The van der Waals surface area contributed by atoms with Crippen LogP contribution in [0.2, 0.25) is 0 Å². The van der Waals surface area contributed by atoms with Gasteiger partial charge in [-0.3, -0.25) is 0 Å². The molecular weight excluding hydrogens is 186 g/mol. The number of hydrogen-bond donors (Lipinski definition) is 0. The standard InChI is InChI=1S/C13H21NO/c1-9(14-15-2)13-6-10-3-11(7-13)5-12(4-10)8-13/h10-12H,3-8H2,1-2H3.